The zero-order valence-electron chi connectivity index (χ0n) is 16.5. The van der Waals surface area contributed by atoms with Gasteiger partial charge in [-0.25, -0.2) is 0 Å². The van der Waals surface area contributed by atoms with E-state index in [0.29, 0.717) is 11.5 Å². The Bertz CT molecular complexity index is 1180. The summed E-state index contributed by atoms with van der Waals surface area (Å²) >= 11 is 0. The Hall–Kier alpha value is -4.01. The number of alkyl halides is 3. The van der Waals surface area contributed by atoms with Gasteiger partial charge in [0.2, 0.25) is 6.79 Å². The van der Waals surface area contributed by atoms with Gasteiger partial charge in [-0.15, -0.1) is 0 Å². The van der Waals surface area contributed by atoms with Crippen molar-refractivity contribution < 1.29 is 32.2 Å². The topological polar surface area (TPSA) is 76.7 Å². The van der Waals surface area contributed by atoms with Crippen LogP contribution < -0.4 is 20.1 Å². The van der Waals surface area contributed by atoms with Gasteiger partial charge in [-0.1, -0.05) is 24.3 Å². The minimum Gasteiger partial charge on any atom is -0.454 e. The lowest BCUT2D eigenvalue weighted by Gasteiger charge is -2.13. The molecule has 3 aromatic carbocycles. The second kappa shape index (κ2) is 8.62. The van der Waals surface area contributed by atoms with Gasteiger partial charge in [0.15, 0.2) is 11.5 Å². The molecule has 164 valence electrons. The highest BCUT2D eigenvalue weighted by Crippen LogP contribution is 2.32. The van der Waals surface area contributed by atoms with E-state index in [0.717, 1.165) is 23.8 Å². The molecule has 0 radical (unpaired) electrons. The molecule has 4 rings (SSSR count). The van der Waals surface area contributed by atoms with Gasteiger partial charge in [0.25, 0.3) is 11.8 Å². The van der Waals surface area contributed by atoms with Gasteiger partial charge in [0.05, 0.1) is 16.8 Å². The normalized spacial score (nSPS) is 12.3. The summed E-state index contributed by atoms with van der Waals surface area (Å²) in [6, 6.07) is 15.6. The van der Waals surface area contributed by atoms with Crippen molar-refractivity contribution in [3.63, 3.8) is 0 Å². The summed E-state index contributed by atoms with van der Waals surface area (Å²) in [6.07, 6.45) is -4.57. The lowest BCUT2D eigenvalue weighted by atomic mass is 10.1. The zero-order valence-corrected chi connectivity index (χ0v) is 16.5. The molecule has 6 nitrogen and oxygen atoms in total. The smallest absolute Gasteiger partial charge is 0.416 e. The Labute approximate surface area is 181 Å². The number of hydrogen-bond acceptors (Lipinski definition) is 4. The number of halogens is 3. The van der Waals surface area contributed by atoms with E-state index < -0.39 is 23.6 Å². The van der Waals surface area contributed by atoms with Crippen molar-refractivity contribution in [2.24, 2.45) is 0 Å². The van der Waals surface area contributed by atoms with E-state index in [2.05, 4.69) is 10.6 Å². The molecule has 32 heavy (non-hydrogen) atoms. The van der Waals surface area contributed by atoms with Crippen molar-refractivity contribution in [2.75, 3.05) is 12.1 Å². The Morgan fingerprint density at radius 2 is 1.66 bits per heavy atom. The third-order valence-electron chi connectivity index (χ3n) is 4.76. The highest BCUT2D eigenvalue weighted by Gasteiger charge is 2.31. The van der Waals surface area contributed by atoms with Crippen LogP contribution in [0, 0.1) is 0 Å². The molecule has 0 atom stereocenters. The Balaban J connectivity index is 1.46. The fourth-order valence-electron chi connectivity index (χ4n) is 3.15. The van der Waals surface area contributed by atoms with Crippen LogP contribution in [-0.4, -0.2) is 18.6 Å². The molecular weight excluding hydrogens is 425 g/mol. The van der Waals surface area contributed by atoms with E-state index in [4.69, 9.17) is 9.47 Å². The number of fused-ring (bicyclic) bond motifs is 1. The van der Waals surface area contributed by atoms with E-state index in [1.807, 2.05) is 0 Å². The first-order valence-corrected chi connectivity index (χ1v) is 9.55. The van der Waals surface area contributed by atoms with E-state index in [1.165, 1.54) is 18.2 Å². The predicted molar refractivity (Wildman–Crippen MR) is 110 cm³/mol. The first-order chi connectivity index (χ1) is 15.3. The minimum absolute atomic E-state index is 0.143. The number of para-hydroxylation sites is 1. The van der Waals surface area contributed by atoms with Crippen molar-refractivity contribution in [3.8, 4) is 11.5 Å². The maximum Gasteiger partial charge on any atom is 0.416 e. The highest BCUT2D eigenvalue weighted by molar-refractivity contribution is 6.09. The van der Waals surface area contributed by atoms with Crippen LogP contribution >= 0.6 is 0 Å². The van der Waals surface area contributed by atoms with Gasteiger partial charge in [-0.2, -0.15) is 13.2 Å². The molecular formula is C23H17F3N2O4. The lowest BCUT2D eigenvalue weighted by Crippen LogP contribution is -2.25. The quantitative estimate of drug-likeness (QED) is 0.605. The SMILES string of the molecule is O=C(Nc1ccccc1C(=O)NCc1ccc2c(c1)OCO2)c1cccc(C(F)(F)F)c1. The fraction of sp³-hybridized carbons (Fsp3) is 0.130. The minimum atomic E-state index is -4.57. The second-order valence-corrected chi connectivity index (χ2v) is 6.95. The zero-order chi connectivity index (χ0) is 22.7. The summed E-state index contributed by atoms with van der Waals surface area (Å²) in [4.78, 5) is 25.2. The van der Waals surface area contributed by atoms with Gasteiger partial charge in [-0.3, -0.25) is 9.59 Å². The molecule has 0 saturated heterocycles. The van der Waals surface area contributed by atoms with E-state index in [1.54, 1.807) is 30.3 Å². The molecule has 2 amide bonds. The molecule has 0 aliphatic carbocycles. The number of nitrogens with one attached hydrogen (secondary N) is 2. The fourth-order valence-corrected chi connectivity index (χ4v) is 3.15. The van der Waals surface area contributed by atoms with Gasteiger partial charge in [-0.05, 0) is 48.0 Å². The Morgan fingerprint density at radius 1 is 0.875 bits per heavy atom. The molecule has 1 heterocycles. The summed E-state index contributed by atoms with van der Waals surface area (Å²) in [5.74, 6) is 0.00274. The monoisotopic (exact) mass is 442 g/mol. The molecule has 1 aliphatic heterocycles. The molecule has 9 heteroatoms. The van der Waals surface area contributed by atoms with Crippen LogP contribution in [0.1, 0.15) is 31.8 Å². The predicted octanol–water partition coefficient (Wildman–Crippen LogP) is 4.62. The van der Waals surface area contributed by atoms with Crippen LogP contribution in [0.2, 0.25) is 0 Å². The van der Waals surface area contributed by atoms with Crippen LogP contribution in [0.3, 0.4) is 0 Å². The first-order valence-electron chi connectivity index (χ1n) is 9.55. The van der Waals surface area contributed by atoms with Crippen molar-refractivity contribution in [3.05, 3.63) is 89.0 Å². The molecule has 0 saturated carbocycles. The molecule has 2 N–H and O–H groups in total. The van der Waals surface area contributed by atoms with Gasteiger partial charge in [0.1, 0.15) is 0 Å². The number of amides is 2. The lowest BCUT2D eigenvalue weighted by molar-refractivity contribution is -0.137. The molecule has 0 spiro atoms. The second-order valence-electron chi connectivity index (χ2n) is 6.95. The molecule has 0 fully saturated rings. The third kappa shape index (κ3) is 4.66. The number of carbonyl (C=O) groups excluding carboxylic acids is 2. The number of anilines is 1. The third-order valence-corrected chi connectivity index (χ3v) is 4.76. The molecule has 3 aromatic rings. The van der Waals surface area contributed by atoms with Crippen LogP contribution in [0.15, 0.2) is 66.7 Å². The number of benzene rings is 3. The van der Waals surface area contributed by atoms with Crippen molar-refractivity contribution in [2.45, 2.75) is 12.7 Å². The summed E-state index contributed by atoms with van der Waals surface area (Å²) in [5, 5.41) is 5.27. The average molecular weight is 442 g/mol. The molecule has 0 unspecified atom stereocenters. The van der Waals surface area contributed by atoms with Gasteiger partial charge < -0.3 is 20.1 Å². The summed E-state index contributed by atoms with van der Waals surface area (Å²) in [7, 11) is 0. The van der Waals surface area contributed by atoms with Crippen LogP contribution in [0.5, 0.6) is 11.5 Å². The molecule has 0 aromatic heterocycles. The van der Waals surface area contributed by atoms with E-state index >= 15 is 0 Å². The number of carbonyl (C=O) groups is 2. The summed E-state index contributed by atoms with van der Waals surface area (Å²) in [6.45, 7) is 0.343. The molecule has 1 aliphatic rings. The van der Waals surface area contributed by atoms with Gasteiger partial charge in [0, 0.05) is 12.1 Å². The van der Waals surface area contributed by atoms with Crippen molar-refractivity contribution in [1.29, 1.82) is 0 Å². The maximum absolute atomic E-state index is 12.9. The van der Waals surface area contributed by atoms with E-state index in [9.17, 15) is 22.8 Å². The van der Waals surface area contributed by atoms with Crippen molar-refractivity contribution >= 4 is 17.5 Å². The highest BCUT2D eigenvalue weighted by atomic mass is 19.4. The average Bonchev–Trinajstić information content (AvgIpc) is 3.25. The summed E-state index contributed by atoms with van der Waals surface area (Å²) < 4.78 is 49.3. The van der Waals surface area contributed by atoms with Crippen LogP contribution in [0.25, 0.3) is 0 Å². The first kappa shape index (κ1) is 21.2. The Morgan fingerprint density at radius 3 is 2.47 bits per heavy atom. The van der Waals surface area contributed by atoms with Crippen LogP contribution in [0.4, 0.5) is 18.9 Å². The maximum atomic E-state index is 12.9. The largest absolute Gasteiger partial charge is 0.454 e. The van der Waals surface area contributed by atoms with Gasteiger partial charge >= 0.3 is 6.18 Å². The Kier molecular flexibility index (Phi) is 5.72. The number of ether oxygens (including phenoxy) is 2. The number of hydrogen-bond donors (Lipinski definition) is 2. The summed E-state index contributed by atoms with van der Waals surface area (Å²) in [5.41, 5.74) is 0.0371. The standard InChI is InChI=1S/C23H17F3N2O4/c24-23(25,26)16-5-3-4-15(11-16)21(29)28-18-7-2-1-6-17(18)22(30)27-12-14-8-9-19-20(10-14)32-13-31-19/h1-11H,12-13H2,(H,27,30)(H,28,29). The van der Waals surface area contributed by atoms with Crippen molar-refractivity contribution in [1.82, 2.24) is 5.32 Å². The van der Waals surface area contributed by atoms with Crippen LogP contribution in [-0.2, 0) is 12.7 Å². The molecule has 0 bridgehead atoms. The number of rotatable bonds is 5. The van der Waals surface area contributed by atoms with E-state index in [-0.39, 0.29) is 30.2 Å².